The van der Waals surface area contributed by atoms with Crippen LogP contribution in [-0.2, 0) is 6.61 Å². The Hall–Kier alpha value is -2.29. The van der Waals surface area contributed by atoms with Crippen LogP contribution in [0.1, 0.15) is 29.5 Å². The maximum Gasteiger partial charge on any atom is 0.161 e. The molecular weight excluding hydrogens is 262 g/mol. The molecule has 1 atom stereocenters. The summed E-state index contributed by atoms with van der Waals surface area (Å²) in [4.78, 5) is 4.38. The third-order valence-corrected chi connectivity index (χ3v) is 3.75. The Morgan fingerprint density at radius 1 is 1.14 bits per heavy atom. The molecule has 0 amide bonds. The predicted octanol–water partition coefficient (Wildman–Crippen LogP) is 3.81. The first-order valence-electron chi connectivity index (χ1n) is 7.16. The summed E-state index contributed by atoms with van der Waals surface area (Å²) >= 11 is 0. The van der Waals surface area contributed by atoms with Crippen molar-refractivity contribution >= 4 is 6.21 Å². The van der Waals surface area contributed by atoms with E-state index in [1.807, 2.05) is 30.5 Å². The van der Waals surface area contributed by atoms with Gasteiger partial charge in [0.1, 0.15) is 6.61 Å². The van der Waals surface area contributed by atoms with Gasteiger partial charge in [-0.1, -0.05) is 37.3 Å². The smallest absolute Gasteiger partial charge is 0.161 e. The van der Waals surface area contributed by atoms with Gasteiger partial charge in [0.25, 0.3) is 0 Å². The van der Waals surface area contributed by atoms with Gasteiger partial charge in [-0.15, -0.1) is 0 Å². The zero-order chi connectivity index (χ0) is 14.7. The van der Waals surface area contributed by atoms with Crippen LogP contribution >= 0.6 is 0 Å². The van der Waals surface area contributed by atoms with Crippen LogP contribution in [0.15, 0.2) is 47.5 Å². The summed E-state index contributed by atoms with van der Waals surface area (Å²) in [6, 6.07) is 14.2. The molecule has 3 nitrogen and oxygen atoms in total. The second-order valence-electron chi connectivity index (χ2n) is 5.30. The normalized spacial score (nSPS) is 16.4. The van der Waals surface area contributed by atoms with Crippen LogP contribution in [0.5, 0.6) is 11.5 Å². The highest BCUT2D eigenvalue weighted by atomic mass is 16.5. The molecule has 1 aliphatic heterocycles. The van der Waals surface area contributed by atoms with Crippen LogP contribution in [0.4, 0.5) is 0 Å². The first-order valence-corrected chi connectivity index (χ1v) is 7.16. The topological polar surface area (TPSA) is 30.8 Å². The van der Waals surface area contributed by atoms with Gasteiger partial charge in [0.05, 0.1) is 7.11 Å². The molecule has 0 bridgehead atoms. The Bertz CT molecular complexity index is 650. The number of benzene rings is 2. The molecule has 0 saturated heterocycles. The first-order chi connectivity index (χ1) is 10.3. The molecule has 2 aromatic rings. The standard InChI is InChI=1S/C18H19NO2/c1-13-10-19-11-15-8-17(20-2)18(9-16(13)15)21-12-14-6-4-3-5-7-14/h3-9,11,13H,10,12H2,1-2H3/t13-/m0/s1. The average Bonchev–Trinajstić information content (AvgIpc) is 2.53. The van der Waals surface area contributed by atoms with E-state index in [0.717, 1.165) is 29.2 Å². The van der Waals surface area contributed by atoms with Crippen LogP contribution in [0.25, 0.3) is 0 Å². The van der Waals surface area contributed by atoms with Gasteiger partial charge in [0.2, 0.25) is 0 Å². The highest BCUT2D eigenvalue weighted by molar-refractivity contribution is 5.84. The lowest BCUT2D eigenvalue weighted by Gasteiger charge is -2.20. The molecule has 2 aromatic carbocycles. The molecule has 0 radical (unpaired) electrons. The zero-order valence-corrected chi connectivity index (χ0v) is 12.4. The minimum atomic E-state index is 0.412. The molecule has 3 rings (SSSR count). The molecule has 0 spiro atoms. The highest BCUT2D eigenvalue weighted by Gasteiger charge is 2.17. The van der Waals surface area contributed by atoms with Gasteiger partial charge >= 0.3 is 0 Å². The molecule has 1 aliphatic rings. The fraction of sp³-hybridized carbons (Fsp3) is 0.278. The van der Waals surface area contributed by atoms with Crippen LogP contribution in [-0.4, -0.2) is 19.9 Å². The van der Waals surface area contributed by atoms with Crippen molar-refractivity contribution in [1.29, 1.82) is 0 Å². The fourth-order valence-corrected chi connectivity index (χ4v) is 2.55. The Balaban J connectivity index is 1.87. The molecule has 0 aromatic heterocycles. The zero-order valence-electron chi connectivity index (χ0n) is 12.4. The molecule has 0 aliphatic carbocycles. The number of fused-ring (bicyclic) bond motifs is 1. The van der Waals surface area contributed by atoms with E-state index in [1.165, 1.54) is 5.56 Å². The van der Waals surface area contributed by atoms with Gasteiger partial charge in [-0.25, -0.2) is 0 Å². The number of hydrogen-bond donors (Lipinski definition) is 0. The van der Waals surface area contributed by atoms with E-state index < -0.39 is 0 Å². The molecule has 0 saturated carbocycles. The van der Waals surface area contributed by atoms with Crippen molar-refractivity contribution in [2.24, 2.45) is 4.99 Å². The molecule has 1 heterocycles. The maximum atomic E-state index is 5.96. The molecule has 3 heteroatoms. The summed E-state index contributed by atoms with van der Waals surface area (Å²) in [5, 5.41) is 0. The van der Waals surface area contributed by atoms with Crippen LogP contribution in [0.2, 0.25) is 0 Å². The SMILES string of the molecule is COc1cc2c(cc1OCc1ccccc1)[C@@H](C)CN=C2. The number of hydrogen-bond acceptors (Lipinski definition) is 3. The summed E-state index contributed by atoms with van der Waals surface area (Å²) in [6.45, 7) is 3.55. The van der Waals surface area contributed by atoms with Crippen molar-refractivity contribution < 1.29 is 9.47 Å². The van der Waals surface area contributed by atoms with Gasteiger partial charge in [-0.3, -0.25) is 4.99 Å². The number of rotatable bonds is 4. The van der Waals surface area contributed by atoms with Gasteiger partial charge in [-0.05, 0) is 28.8 Å². The minimum absolute atomic E-state index is 0.412. The van der Waals surface area contributed by atoms with E-state index in [9.17, 15) is 0 Å². The highest BCUT2D eigenvalue weighted by Crippen LogP contribution is 2.35. The van der Waals surface area contributed by atoms with Crippen molar-refractivity contribution in [3.63, 3.8) is 0 Å². The Morgan fingerprint density at radius 3 is 2.71 bits per heavy atom. The average molecular weight is 281 g/mol. The number of aliphatic imine (C=N–C) groups is 1. The van der Waals surface area contributed by atoms with E-state index >= 15 is 0 Å². The van der Waals surface area contributed by atoms with Crippen molar-refractivity contribution in [3.05, 3.63) is 59.2 Å². The summed E-state index contributed by atoms with van der Waals surface area (Å²) in [5.74, 6) is 1.96. The lowest BCUT2D eigenvalue weighted by atomic mass is 9.93. The largest absolute Gasteiger partial charge is 0.493 e. The molecule has 0 unspecified atom stereocenters. The second kappa shape index (κ2) is 6.00. The Morgan fingerprint density at radius 2 is 1.95 bits per heavy atom. The number of methoxy groups -OCH3 is 1. The van der Waals surface area contributed by atoms with E-state index in [-0.39, 0.29) is 0 Å². The molecule has 21 heavy (non-hydrogen) atoms. The van der Waals surface area contributed by atoms with Gasteiger partial charge in [0, 0.05) is 18.7 Å². The quantitative estimate of drug-likeness (QED) is 0.853. The van der Waals surface area contributed by atoms with Crippen LogP contribution in [0.3, 0.4) is 0 Å². The fourth-order valence-electron chi connectivity index (χ4n) is 2.55. The third kappa shape index (κ3) is 2.92. The monoisotopic (exact) mass is 281 g/mol. The first kappa shape index (κ1) is 13.7. The maximum absolute atomic E-state index is 5.96. The van der Waals surface area contributed by atoms with Gasteiger partial charge in [0.15, 0.2) is 11.5 Å². The molecule has 0 N–H and O–H groups in total. The third-order valence-electron chi connectivity index (χ3n) is 3.75. The summed E-state index contributed by atoms with van der Waals surface area (Å²) in [7, 11) is 1.67. The van der Waals surface area contributed by atoms with Crippen molar-refractivity contribution in [3.8, 4) is 11.5 Å². The summed E-state index contributed by atoms with van der Waals surface area (Å²) in [6.07, 6.45) is 1.92. The van der Waals surface area contributed by atoms with Crippen molar-refractivity contribution in [2.45, 2.75) is 19.4 Å². The molecule has 0 fully saturated rings. The summed E-state index contributed by atoms with van der Waals surface area (Å²) in [5.41, 5.74) is 3.54. The summed E-state index contributed by atoms with van der Waals surface area (Å²) < 4.78 is 11.4. The van der Waals surface area contributed by atoms with Crippen LogP contribution in [0, 0.1) is 0 Å². The Kier molecular flexibility index (Phi) is 3.91. The number of nitrogens with zero attached hydrogens (tertiary/aromatic N) is 1. The lowest BCUT2D eigenvalue weighted by molar-refractivity contribution is 0.284. The molecule has 108 valence electrons. The second-order valence-corrected chi connectivity index (χ2v) is 5.30. The van der Waals surface area contributed by atoms with Crippen LogP contribution < -0.4 is 9.47 Å². The Labute approximate surface area is 125 Å². The van der Waals surface area contributed by atoms with Crippen molar-refractivity contribution in [2.75, 3.05) is 13.7 Å². The number of ether oxygens (including phenoxy) is 2. The minimum Gasteiger partial charge on any atom is -0.493 e. The van der Waals surface area contributed by atoms with E-state index in [4.69, 9.17) is 9.47 Å². The van der Waals surface area contributed by atoms with E-state index in [1.54, 1.807) is 7.11 Å². The lowest BCUT2D eigenvalue weighted by Crippen LogP contribution is -2.09. The van der Waals surface area contributed by atoms with Gasteiger partial charge < -0.3 is 9.47 Å². The van der Waals surface area contributed by atoms with Crippen molar-refractivity contribution in [1.82, 2.24) is 0 Å². The predicted molar refractivity (Wildman–Crippen MR) is 84.6 cm³/mol. The molecular formula is C18H19NO2. The van der Waals surface area contributed by atoms with Gasteiger partial charge in [-0.2, -0.15) is 0 Å². The van der Waals surface area contributed by atoms with E-state index in [0.29, 0.717) is 12.5 Å². The van der Waals surface area contributed by atoms with E-state index in [2.05, 4.69) is 30.1 Å².